The van der Waals surface area contributed by atoms with Crippen LogP contribution >= 0.6 is 0 Å². The van der Waals surface area contributed by atoms with E-state index in [0.29, 0.717) is 0 Å². The third-order valence-electron chi connectivity index (χ3n) is 12.3. The zero-order chi connectivity index (χ0) is 37.3. The van der Waals surface area contributed by atoms with E-state index < -0.39 is 0 Å². The highest BCUT2D eigenvalue weighted by Gasteiger charge is 2.36. The third kappa shape index (κ3) is 5.37. The molecule has 10 rings (SSSR count). The minimum absolute atomic E-state index is 0.0300. The molecule has 0 bridgehead atoms. The van der Waals surface area contributed by atoms with Crippen molar-refractivity contribution in [2.75, 3.05) is 4.90 Å². The summed E-state index contributed by atoms with van der Waals surface area (Å²) < 4.78 is 0. The Kier molecular flexibility index (Phi) is 7.58. The van der Waals surface area contributed by atoms with Gasteiger partial charge in [-0.2, -0.15) is 0 Å². The fourth-order valence-corrected chi connectivity index (χ4v) is 9.25. The molecule has 0 saturated carbocycles. The zero-order valence-corrected chi connectivity index (χ0v) is 31.8. The van der Waals surface area contributed by atoms with Gasteiger partial charge in [0.2, 0.25) is 0 Å². The lowest BCUT2D eigenvalue weighted by Gasteiger charge is -2.26. The van der Waals surface area contributed by atoms with E-state index in [-0.39, 0.29) is 10.8 Å². The summed E-state index contributed by atoms with van der Waals surface area (Å²) in [6.45, 7) is 9.39. The Labute approximate surface area is 325 Å². The minimum Gasteiger partial charge on any atom is -0.311 e. The van der Waals surface area contributed by atoms with Crippen molar-refractivity contribution in [1.82, 2.24) is 0 Å². The summed E-state index contributed by atoms with van der Waals surface area (Å²) in [5, 5.41) is 0. The van der Waals surface area contributed by atoms with Gasteiger partial charge in [-0.15, -0.1) is 0 Å². The van der Waals surface area contributed by atoms with Crippen molar-refractivity contribution in [3.63, 3.8) is 0 Å². The number of nitrogens with zero attached hydrogens (tertiary/aromatic N) is 1. The average molecular weight is 706 g/mol. The van der Waals surface area contributed by atoms with Crippen LogP contribution in [0.25, 0.3) is 55.6 Å². The molecule has 0 spiro atoms. The Morgan fingerprint density at radius 1 is 0.273 bits per heavy atom. The molecular formula is C54H43N. The lowest BCUT2D eigenvalue weighted by molar-refractivity contribution is 0.660. The molecular weight excluding hydrogens is 663 g/mol. The Bertz CT molecular complexity index is 2560. The highest BCUT2D eigenvalue weighted by atomic mass is 15.1. The van der Waals surface area contributed by atoms with Crippen molar-refractivity contribution in [3.8, 4) is 55.6 Å². The van der Waals surface area contributed by atoms with Crippen LogP contribution in [0, 0.1) is 0 Å². The first-order chi connectivity index (χ1) is 26.8. The topological polar surface area (TPSA) is 3.24 Å². The van der Waals surface area contributed by atoms with Crippen LogP contribution in [0.15, 0.2) is 188 Å². The third-order valence-corrected chi connectivity index (χ3v) is 12.3. The fourth-order valence-electron chi connectivity index (χ4n) is 9.25. The summed E-state index contributed by atoms with van der Waals surface area (Å²) >= 11 is 0. The quantitative estimate of drug-likeness (QED) is 0.166. The van der Waals surface area contributed by atoms with Crippen molar-refractivity contribution in [2.45, 2.75) is 38.5 Å². The Hall–Kier alpha value is -6.44. The number of anilines is 3. The summed E-state index contributed by atoms with van der Waals surface area (Å²) in [6, 6.07) is 69.4. The number of hydrogen-bond acceptors (Lipinski definition) is 1. The van der Waals surface area contributed by atoms with Gasteiger partial charge in [0, 0.05) is 27.9 Å². The molecule has 0 unspecified atom stereocenters. The molecule has 0 N–H and O–H groups in total. The Morgan fingerprint density at radius 3 is 1.00 bits per heavy atom. The van der Waals surface area contributed by atoms with Crippen molar-refractivity contribution in [3.05, 3.63) is 210 Å². The summed E-state index contributed by atoms with van der Waals surface area (Å²) in [5.41, 5.74) is 21.7. The van der Waals surface area contributed by atoms with Crippen molar-refractivity contribution >= 4 is 17.1 Å². The molecule has 8 aromatic rings. The maximum absolute atomic E-state index is 2.40. The molecule has 0 aromatic heterocycles. The molecule has 0 heterocycles. The average Bonchev–Trinajstić information content (AvgIpc) is 3.61. The van der Waals surface area contributed by atoms with E-state index in [4.69, 9.17) is 0 Å². The molecule has 264 valence electrons. The van der Waals surface area contributed by atoms with Gasteiger partial charge in [-0.25, -0.2) is 0 Å². The summed E-state index contributed by atoms with van der Waals surface area (Å²) in [7, 11) is 0. The first kappa shape index (κ1) is 33.2. The summed E-state index contributed by atoms with van der Waals surface area (Å²) in [6.07, 6.45) is 0. The van der Waals surface area contributed by atoms with E-state index in [0.717, 1.165) is 17.1 Å². The molecule has 1 nitrogen and oxygen atoms in total. The summed E-state index contributed by atoms with van der Waals surface area (Å²) in [5.74, 6) is 0. The van der Waals surface area contributed by atoms with E-state index in [1.54, 1.807) is 0 Å². The number of benzene rings is 8. The van der Waals surface area contributed by atoms with Gasteiger partial charge in [-0.05, 0) is 126 Å². The Balaban J connectivity index is 1.00. The van der Waals surface area contributed by atoms with Gasteiger partial charge in [0.15, 0.2) is 0 Å². The molecule has 2 aliphatic carbocycles. The van der Waals surface area contributed by atoms with Gasteiger partial charge in [-0.3, -0.25) is 0 Å². The normalized spacial score (nSPS) is 14.1. The largest absolute Gasteiger partial charge is 0.311 e. The zero-order valence-electron chi connectivity index (χ0n) is 31.8. The Morgan fingerprint density at radius 2 is 0.582 bits per heavy atom. The lowest BCUT2D eigenvalue weighted by Crippen LogP contribution is -2.14. The van der Waals surface area contributed by atoms with Crippen LogP contribution in [0.4, 0.5) is 17.1 Å². The number of fused-ring (bicyclic) bond motifs is 6. The SMILES string of the molecule is CC1(C)c2ccccc2-c2ccc(-c3ccc(N(c4ccc(-c5ccccc5)cc4)c4ccc(-c5ccc6c(c5)C(C)(C)c5ccccc5-6)cc4)cc3)cc21. The van der Waals surface area contributed by atoms with Crippen LogP contribution in [0.3, 0.4) is 0 Å². The smallest absolute Gasteiger partial charge is 0.0462 e. The van der Waals surface area contributed by atoms with Crippen LogP contribution < -0.4 is 4.90 Å². The molecule has 1 heteroatoms. The highest BCUT2D eigenvalue weighted by molar-refractivity contribution is 5.86. The molecule has 0 amide bonds. The highest BCUT2D eigenvalue weighted by Crippen LogP contribution is 2.51. The molecule has 2 aliphatic rings. The van der Waals surface area contributed by atoms with Crippen LogP contribution in [0.5, 0.6) is 0 Å². The second-order valence-electron chi connectivity index (χ2n) is 16.2. The van der Waals surface area contributed by atoms with Gasteiger partial charge >= 0.3 is 0 Å². The van der Waals surface area contributed by atoms with Crippen molar-refractivity contribution in [2.24, 2.45) is 0 Å². The summed E-state index contributed by atoms with van der Waals surface area (Å²) in [4.78, 5) is 2.37. The van der Waals surface area contributed by atoms with E-state index in [2.05, 4.69) is 221 Å². The van der Waals surface area contributed by atoms with Gasteiger partial charge < -0.3 is 4.90 Å². The van der Waals surface area contributed by atoms with Crippen LogP contribution in [-0.2, 0) is 10.8 Å². The van der Waals surface area contributed by atoms with Gasteiger partial charge in [0.05, 0.1) is 0 Å². The maximum atomic E-state index is 2.40. The fraction of sp³-hybridized carbons (Fsp3) is 0.111. The molecule has 0 saturated heterocycles. The van der Waals surface area contributed by atoms with E-state index in [1.165, 1.54) is 77.9 Å². The number of hydrogen-bond donors (Lipinski definition) is 0. The number of rotatable bonds is 6. The molecule has 0 radical (unpaired) electrons. The van der Waals surface area contributed by atoms with Gasteiger partial charge in [0.1, 0.15) is 0 Å². The maximum Gasteiger partial charge on any atom is 0.0462 e. The second kappa shape index (κ2) is 12.6. The molecule has 0 atom stereocenters. The second-order valence-corrected chi connectivity index (χ2v) is 16.2. The molecule has 0 fully saturated rings. The molecule has 0 aliphatic heterocycles. The predicted molar refractivity (Wildman–Crippen MR) is 233 cm³/mol. The monoisotopic (exact) mass is 705 g/mol. The minimum atomic E-state index is -0.0300. The molecule has 55 heavy (non-hydrogen) atoms. The standard InChI is InChI=1S/C54H43N/c1-53(2)49-16-10-8-14-45(49)47-32-24-40(34-51(47)53)38-20-28-43(29-21-38)55(42-26-18-37(19-27-42)36-12-6-5-7-13-36)44-30-22-39(23-31-44)41-25-33-48-46-15-9-11-17-50(46)54(3,4)52(48)35-41/h5-35H,1-4H3. The lowest BCUT2D eigenvalue weighted by atomic mass is 9.81. The van der Waals surface area contributed by atoms with Gasteiger partial charge in [-0.1, -0.05) is 167 Å². The van der Waals surface area contributed by atoms with E-state index in [1.807, 2.05) is 0 Å². The van der Waals surface area contributed by atoms with Crippen molar-refractivity contribution in [1.29, 1.82) is 0 Å². The predicted octanol–water partition coefficient (Wildman–Crippen LogP) is 14.8. The van der Waals surface area contributed by atoms with Crippen LogP contribution in [0.2, 0.25) is 0 Å². The first-order valence-corrected chi connectivity index (χ1v) is 19.4. The molecule has 8 aromatic carbocycles. The van der Waals surface area contributed by atoms with Crippen molar-refractivity contribution < 1.29 is 0 Å². The van der Waals surface area contributed by atoms with Crippen LogP contribution in [0.1, 0.15) is 49.9 Å². The first-order valence-electron chi connectivity index (χ1n) is 19.4. The van der Waals surface area contributed by atoms with Crippen LogP contribution in [-0.4, -0.2) is 0 Å². The van der Waals surface area contributed by atoms with E-state index >= 15 is 0 Å². The van der Waals surface area contributed by atoms with E-state index in [9.17, 15) is 0 Å². The van der Waals surface area contributed by atoms with Gasteiger partial charge in [0.25, 0.3) is 0 Å².